The summed E-state index contributed by atoms with van der Waals surface area (Å²) in [6.07, 6.45) is 0. The third kappa shape index (κ3) is 1.55. The second-order valence-corrected chi connectivity index (χ2v) is 4.16. The van der Waals surface area contributed by atoms with Gasteiger partial charge in [0, 0.05) is 6.92 Å². The van der Waals surface area contributed by atoms with E-state index in [1.54, 1.807) is 6.92 Å². The van der Waals surface area contributed by atoms with Crippen LogP contribution in [0.25, 0.3) is 10.7 Å². The number of aromatic nitrogens is 2. The summed E-state index contributed by atoms with van der Waals surface area (Å²) in [6.45, 7) is 3.12. The Kier molecular flexibility index (Phi) is 2.32. The number of aryl methyl sites for hydroxylation is 1. The molecule has 5 heteroatoms. The largest absolute Gasteiger partial charge is 0.426 e. The Bertz CT molecular complexity index is 500. The van der Waals surface area contributed by atoms with Gasteiger partial charge in [0.2, 0.25) is 0 Å². The second-order valence-electron chi connectivity index (χ2n) is 3.21. The molecule has 0 aliphatic rings. The fraction of sp³-hybridized carbons (Fsp3) is 0.200. The summed E-state index contributed by atoms with van der Waals surface area (Å²) in [5.41, 5.74) is 0.798. The molecule has 0 saturated heterocycles. The van der Waals surface area contributed by atoms with Gasteiger partial charge < -0.3 is 5.21 Å². The van der Waals surface area contributed by atoms with E-state index in [0.717, 1.165) is 9.61 Å². The number of Topliss-reactive ketones (excluding diaryl/α,β-unsaturated/α-hetero) is 1. The van der Waals surface area contributed by atoms with Gasteiger partial charge in [-0.3, -0.25) is 4.79 Å². The molecular formula is C10H10N2O2S. The van der Waals surface area contributed by atoms with E-state index in [9.17, 15) is 10.0 Å². The Hall–Kier alpha value is -1.62. The zero-order chi connectivity index (χ0) is 11.0. The lowest BCUT2D eigenvalue weighted by Crippen LogP contribution is -2.05. The highest BCUT2D eigenvalue weighted by atomic mass is 32.1. The Balaban J connectivity index is 2.61. The molecule has 0 fully saturated rings. The van der Waals surface area contributed by atoms with Crippen LogP contribution in [0.1, 0.15) is 23.1 Å². The summed E-state index contributed by atoms with van der Waals surface area (Å²) in [5, 5.41) is 11.7. The van der Waals surface area contributed by atoms with E-state index in [1.807, 2.05) is 17.5 Å². The van der Waals surface area contributed by atoms with Crippen molar-refractivity contribution in [3.63, 3.8) is 0 Å². The third-order valence-corrected chi connectivity index (χ3v) is 2.97. The summed E-state index contributed by atoms with van der Waals surface area (Å²) in [6, 6.07) is 3.72. The Morgan fingerprint density at radius 1 is 1.60 bits per heavy atom. The van der Waals surface area contributed by atoms with E-state index in [-0.39, 0.29) is 11.5 Å². The number of imidazole rings is 1. The molecule has 1 N–H and O–H groups in total. The van der Waals surface area contributed by atoms with Crippen molar-refractivity contribution in [2.45, 2.75) is 13.8 Å². The van der Waals surface area contributed by atoms with Crippen molar-refractivity contribution in [3.8, 4) is 10.7 Å². The van der Waals surface area contributed by atoms with Gasteiger partial charge in [-0.1, -0.05) is 6.07 Å². The number of ketones is 1. The first-order valence-corrected chi connectivity index (χ1v) is 5.32. The van der Waals surface area contributed by atoms with Crippen molar-refractivity contribution in [1.82, 2.24) is 9.71 Å². The van der Waals surface area contributed by atoms with Gasteiger partial charge in [0.1, 0.15) is 5.69 Å². The Morgan fingerprint density at radius 3 is 2.80 bits per heavy atom. The average molecular weight is 222 g/mol. The van der Waals surface area contributed by atoms with Crippen molar-refractivity contribution < 1.29 is 10.0 Å². The van der Waals surface area contributed by atoms with Gasteiger partial charge >= 0.3 is 0 Å². The summed E-state index contributed by atoms with van der Waals surface area (Å²) >= 11 is 1.47. The molecule has 15 heavy (non-hydrogen) atoms. The molecule has 4 nitrogen and oxygen atoms in total. The molecule has 0 spiro atoms. The summed E-state index contributed by atoms with van der Waals surface area (Å²) in [4.78, 5) is 16.3. The minimum absolute atomic E-state index is 0.190. The minimum atomic E-state index is -0.190. The first-order chi connectivity index (χ1) is 7.11. The van der Waals surface area contributed by atoms with Gasteiger partial charge in [-0.15, -0.1) is 11.3 Å². The molecule has 0 unspecified atom stereocenters. The lowest BCUT2D eigenvalue weighted by Gasteiger charge is -1.99. The highest BCUT2D eigenvalue weighted by Gasteiger charge is 2.18. The maximum atomic E-state index is 11.3. The van der Waals surface area contributed by atoms with Crippen molar-refractivity contribution in [2.75, 3.05) is 0 Å². The van der Waals surface area contributed by atoms with Crippen molar-refractivity contribution in [2.24, 2.45) is 0 Å². The number of nitrogens with zero attached hydrogens (tertiary/aromatic N) is 2. The SMILES string of the molecule is CC(=O)c1c(C)nc(-c2cccs2)n1O. The van der Waals surface area contributed by atoms with Crippen LogP contribution < -0.4 is 0 Å². The van der Waals surface area contributed by atoms with Crippen LogP contribution in [0.5, 0.6) is 0 Å². The predicted molar refractivity (Wildman–Crippen MR) is 57.5 cm³/mol. The predicted octanol–water partition coefficient (Wildman–Crippen LogP) is 2.36. The van der Waals surface area contributed by atoms with Crippen molar-refractivity contribution in [3.05, 3.63) is 28.9 Å². The highest BCUT2D eigenvalue weighted by molar-refractivity contribution is 7.13. The minimum Gasteiger partial charge on any atom is -0.426 e. The molecule has 78 valence electrons. The van der Waals surface area contributed by atoms with Crippen LogP contribution in [0.3, 0.4) is 0 Å². The zero-order valence-electron chi connectivity index (χ0n) is 8.39. The molecule has 0 atom stereocenters. The van der Waals surface area contributed by atoms with Gasteiger partial charge in [0.05, 0.1) is 10.6 Å². The molecule has 2 aromatic heterocycles. The van der Waals surface area contributed by atoms with E-state index in [1.165, 1.54) is 18.3 Å². The summed E-state index contributed by atoms with van der Waals surface area (Å²) in [7, 11) is 0. The first-order valence-electron chi connectivity index (χ1n) is 4.44. The fourth-order valence-electron chi connectivity index (χ4n) is 1.49. The normalized spacial score (nSPS) is 10.5. The number of hydrogen-bond acceptors (Lipinski definition) is 4. The fourth-order valence-corrected chi connectivity index (χ4v) is 2.19. The number of hydrogen-bond donors (Lipinski definition) is 1. The van der Waals surface area contributed by atoms with Crippen LogP contribution in [-0.2, 0) is 0 Å². The summed E-state index contributed by atoms with van der Waals surface area (Å²) < 4.78 is 0.865. The lowest BCUT2D eigenvalue weighted by atomic mass is 10.3. The van der Waals surface area contributed by atoms with Gasteiger partial charge in [-0.2, -0.15) is 4.73 Å². The molecule has 0 aliphatic heterocycles. The van der Waals surface area contributed by atoms with Gasteiger partial charge in [-0.25, -0.2) is 4.98 Å². The third-order valence-electron chi connectivity index (χ3n) is 2.10. The molecule has 0 aliphatic carbocycles. The molecule has 0 radical (unpaired) electrons. The molecule has 0 saturated carbocycles. The van der Waals surface area contributed by atoms with E-state index in [2.05, 4.69) is 4.98 Å². The number of carbonyl (C=O) groups is 1. The van der Waals surface area contributed by atoms with Crippen LogP contribution in [0, 0.1) is 6.92 Å². The van der Waals surface area contributed by atoms with E-state index >= 15 is 0 Å². The van der Waals surface area contributed by atoms with E-state index < -0.39 is 0 Å². The Morgan fingerprint density at radius 2 is 2.33 bits per heavy atom. The van der Waals surface area contributed by atoms with Gasteiger partial charge in [-0.05, 0) is 18.4 Å². The number of carbonyl (C=O) groups excluding carboxylic acids is 1. The van der Waals surface area contributed by atoms with E-state index in [0.29, 0.717) is 11.5 Å². The van der Waals surface area contributed by atoms with Gasteiger partial charge in [0.15, 0.2) is 11.6 Å². The van der Waals surface area contributed by atoms with Crippen LogP contribution >= 0.6 is 11.3 Å². The van der Waals surface area contributed by atoms with Gasteiger partial charge in [0.25, 0.3) is 0 Å². The zero-order valence-corrected chi connectivity index (χ0v) is 9.21. The van der Waals surface area contributed by atoms with Crippen molar-refractivity contribution in [1.29, 1.82) is 0 Å². The number of rotatable bonds is 2. The molecule has 0 bridgehead atoms. The molecule has 2 aromatic rings. The standard InChI is InChI=1S/C10H10N2O2S/c1-6-9(7(2)13)12(14)10(11-6)8-4-3-5-15-8/h3-5,14H,1-2H3. The molecule has 2 heterocycles. The summed E-state index contributed by atoms with van der Waals surface area (Å²) in [5.74, 6) is 0.234. The quantitative estimate of drug-likeness (QED) is 0.627. The smallest absolute Gasteiger partial charge is 0.186 e. The van der Waals surface area contributed by atoms with E-state index in [4.69, 9.17) is 0 Å². The lowest BCUT2D eigenvalue weighted by molar-refractivity contribution is 0.0965. The number of thiophene rings is 1. The Labute approximate surface area is 90.8 Å². The monoisotopic (exact) mass is 222 g/mol. The highest BCUT2D eigenvalue weighted by Crippen LogP contribution is 2.25. The average Bonchev–Trinajstić information content (AvgIpc) is 2.72. The maximum Gasteiger partial charge on any atom is 0.186 e. The van der Waals surface area contributed by atoms with Crippen LogP contribution in [0.4, 0.5) is 0 Å². The first kappa shape index (κ1) is 9.92. The molecular weight excluding hydrogens is 212 g/mol. The van der Waals surface area contributed by atoms with Crippen LogP contribution in [0.2, 0.25) is 0 Å². The topological polar surface area (TPSA) is 55.1 Å². The van der Waals surface area contributed by atoms with Crippen LogP contribution in [0.15, 0.2) is 17.5 Å². The molecule has 0 aromatic carbocycles. The second kappa shape index (κ2) is 3.51. The van der Waals surface area contributed by atoms with Crippen LogP contribution in [-0.4, -0.2) is 20.7 Å². The maximum absolute atomic E-state index is 11.3. The molecule has 2 rings (SSSR count). The van der Waals surface area contributed by atoms with Crippen molar-refractivity contribution >= 4 is 17.1 Å². The molecule has 0 amide bonds.